The fraction of sp³-hybridized carbons (Fsp3) is 0.375. The van der Waals surface area contributed by atoms with Crippen molar-refractivity contribution in [2.45, 2.75) is 65.5 Å². The van der Waals surface area contributed by atoms with E-state index < -0.39 is 0 Å². The molecule has 0 saturated carbocycles. The average Bonchev–Trinajstić information content (AvgIpc) is 3.22. The minimum Gasteiger partial charge on any atom is -0.507 e. The van der Waals surface area contributed by atoms with Gasteiger partial charge in [0.15, 0.2) is 5.78 Å². The minimum atomic E-state index is -0.331. The van der Waals surface area contributed by atoms with Crippen molar-refractivity contribution in [3.05, 3.63) is 76.9 Å². The van der Waals surface area contributed by atoms with Crippen molar-refractivity contribution in [2.24, 2.45) is 0 Å². The zero-order valence-corrected chi connectivity index (χ0v) is 26.3. The number of nitrogens with one attached hydrogen (secondary N) is 1. The van der Waals surface area contributed by atoms with Crippen LogP contribution >= 0.6 is 17.0 Å². The molecule has 2 N–H and O–H groups in total. The fourth-order valence-electron chi connectivity index (χ4n) is 4.81. The van der Waals surface area contributed by atoms with E-state index in [1.54, 1.807) is 14.2 Å². The number of benzene rings is 3. The SMILES string of the molecule is Br.COc1cccc(OC)c1CNc1nc2ccccc2n1CC(=O)c1cc(C(C)(C)C)c(O)c(C(C)(C)C)c1. The molecule has 0 radical (unpaired) electrons. The quantitative estimate of drug-likeness (QED) is 0.202. The van der Waals surface area contributed by atoms with E-state index >= 15 is 0 Å². The van der Waals surface area contributed by atoms with E-state index in [2.05, 4.69) is 5.32 Å². The number of para-hydroxylation sites is 2. The number of ketones is 1. The summed E-state index contributed by atoms with van der Waals surface area (Å²) in [5, 5.41) is 14.5. The van der Waals surface area contributed by atoms with Crippen LogP contribution in [0.4, 0.5) is 5.95 Å². The van der Waals surface area contributed by atoms with Gasteiger partial charge in [0, 0.05) is 16.7 Å². The van der Waals surface area contributed by atoms with E-state index in [0.717, 1.165) is 27.7 Å². The van der Waals surface area contributed by atoms with Crippen LogP contribution in [0.3, 0.4) is 0 Å². The molecule has 40 heavy (non-hydrogen) atoms. The number of Topliss-reactive ketones (excluding diaryl/α,β-unsaturated/α-hetero) is 1. The predicted octanol–water partition coefficient (Wildman–Crippen LogP) is 7.43. The number of imidazole rings is 1. The summed E-state index contributed by atoms with van der Waals surface area (Å²) in [6, 6.07) is 17.1. The maximum atomic E-state index is 13.9. The number of ether oxygens (including phenoxy) is 2. The number of rotatable bonds is 8. The molecule has 0 aliphatic heterocycles. The average molecular weight is 611 g/mol. The third-order valence-corrected chi connectivity index (χ3v) is 6.96. The Hall–Kier alpha value is -3.52. The number of carbonyl (C=O) groups is 1. The number of aromatic hydroxyl groups is 1. The molecule has 1 heterocycles. The Kier molecular flexibility index (Phi) is 9.24. The number of hydrogen-bond acceptors (Lipinski definition) is 6. The van der Waals surface area contributed by atoms with Gasteiger partial charge >= 0.3 is 0 Å². The van der Waals surface area contributed by atoms with Crippen molar-refractivity contribution in [3.63, 3.8) is 0 Å². The second kappa shape index (κ2) is 11.9. The second-order valence-corrected chi connectivity index (χ2v) is 11.8. The van der Waals surface area contributed by atoms with Crippen LogP contribution in [-0.4, -0.2) is 34.7 Å². The van der Waals surface area contributed by atoms with Crippen molar-refractivity contribution >= 4 is 39.7 Å². The van der Waals surface area contributed by atoms with Crippen LogP contribution in [0.15, 0.2) is 54.6 Å². The topological polar surface area (TPSA) is 85.6 Å². The molecular weight excluding hydrogens is 570 g/mol. The van der Waals surface area contributed by atoms with Crippen LogP contribution in [0.25, 0.3) is 11.0 Å². The molecule has 0 spiro atoms. The summed E-state index contributed by atoms with van der Waals surface area (Å²) < 4.78 is 13.0. The molecule has 0 fully saturated rings. The highest BCUT2D eigenvalue weighted by atomic mass is 79.9. The molecule has 0 atom stereocenters. The first kappa shape index (κ1) is 31.0. The highest BCUT2D eigenvalue weighted by Crippen LogP contribution is 2.40. The normalized spacial score (nSPS) is 11.7. The Morgan fingerprint density at radius 3 is 1.98 bits per heavy atom. The largest absolute Gasteiger partial charge is 0.507 e. The highest BCUT2D eigenvalue weighted by molar-refractivity contribution is 8.93. The fourth-order valence-corrected chi connectivity index (χ4v) is 4.81. The van der Waals surface area contributed by atoms with Gasteiger partial charge < -0.3 is 24.5 Å². The Labute approximate surface area is 247 Å². The maximum Gasteiger partial charge on any atom is 0.204 e. The summed E-state index contributed by atoms with van der Waals surface area (Å²) in [6.45, 7) is 12.7. The first-order valence-corrected chi connectivity index (χ1v) is 13.1. The minimum absolute atomic E-state index is 0. The first-order chi connectivity index (χ1) is 18.3. The van der Waals surface area contributed by atoms with Gasteiger partial charge in [-0.2, -0.15) is 0 Å². The van der Waals surface area contributed by atoms with Crippen LogP contribution in [0.1, 0.15) is 68.6 Å². The Morgan fingerprint density at radius 1 is 0.900 bits per heavy atom. The van der Waals surface area contributed by atoms with Gasteiger partial charge in [-0.05, 0) is 47.2 Å². The summed E-state index contributed by atoms with van der Waals surface area (Å²) in [4.78, 5) is 18.6. The lowest BCUT2D eigenvalue weighted by atomic mass is 9.78. The molecule has 0 amide bonds. The smallest absolute Gasteiger partial charge is 0.204 e. The Balaban J connectivity index is 0.00000441. The third-order valence-electron chi connectivity index (χ3n) is 6.96. The van der Waals surface area contributed by atoms with Gasteiger partial charge in [-0.15, -0.1) is 17.0 Å². The summed E-state index contributed by atoms with van der Waals surface area (Å²) in [5.74, 6) is 2.17. The van der Waals surface area contributed by atoms with E-state index in [9.17, 15) is 9.90 Å². The van der Waals surface area contributed by atoms with Crippen molar-refractivity contribution in [1.29, 1.82) is 0 Å². The Morgan fingerprint density at radius 2 is 1.45 bits per heavy atom. The molecule has 0 saturated heterocycles. The molecule has 7 nitrogen and oxygen atoms in total. The highest BCUT2D eigenvalue weighted by Gasteiger charge is 2.28. The molecule has 4 rings (SSSR count). The van der Waals surface area contributed by atoms with Crippen LogP contribution in [0.5, 0.6) is 17.2 Å². The first-order valence-electron chi connectivity index (χ1n) is 13.1. The molecule has 1 aromatic heterocycles. The van der Waals surface area contributed by atoms with Crippen molar-refractivity contribution < 1.29 is 19.4 Å². The summed E-state index contributed by atoms with van der Waals surface area (Å²) in [5.41, 5.74) is 3.92. The van der Waals surface area contributed by atoms with E-state index in [1.165, 1.54) is 0 Å². The van der Waals surface area contributed by atoms with E-state index in [4.69, 9.17) is 14.5 Å². The lowest BCUT2D eigenvalue weighted by molar-refractivity contribution is 0.0973. The number of carbonyl (C=O) groups excluding carboxylic acids is 1. The number of halogens is 1. The number of phenols is 1. The molecule has 0 unspecified atom stereocenters. The van der Waals surface area contributed by atoms with Crippen LogP contribution < -0.4 is 14.8 Å². The lowest BCUT2D eigenvalue weighted by Crippen LogP contribution is -2.20. The van der Waals surface area contributed by atoms with Gasteiger partial charge in [0.2, 0.25) is 5.95 Å². The number of hydrogen-bond donors (Lipinski definition) is 2. The Bertz CT molecular complexity index is 1460. The molecular formula is C32H40BrN3O4. The maximum absolute atomic E-state index is 13.9. The van der Waals surface area contributed by atoms with Crippen molar-refractivity contribution in [2.75, 3.05) is 19.5 Å². The van der Waals surface area contributed by atoms with Crippen LogP contribution in [0, 0.1) is 0 Å². The van der Waals surface area contributed by atoms with Crippen LogP contribution in [0.2, 0.25) is 0 Å². The zero-order chi connectivity index (χ0) is 28.5. The van der Waals surface area contributed by atoms with Crippen molar-refractivity contribution in [1.82, 2.24) is 9.55 Å². The predicted molar refractivity (Wildman–Crippen MR) is 167 cm³/mol. The third kappa shape index (κ3) is 6.28. The van der Waals surface area contributed by atoms with E-state index in [0.29, 0.717) is 29.6 Å². The zero-order valence-electron chi connectivity index (χ0n) is 24.6. The van der Waals surface area contributed by atoms with Gasteiger partial charge in [-0.25, -0.2) is 4.98 Å². The standard InChI is InChI=1S/C32H39N3O4.BrH/c1-31(2,3)22-16-20(17-23(29(22)37)32(4,5)6)26(36)19-35-25-13-10-9-12-24(25)34-30(35)33-18-21-27(38-7)14-11-15-28(21)39-8;/h9-17,37H,18-19H2,1-8H3,(H,33,34);1H. The van der Waals surface area contributed by atoms with E-state index in [-0.39, 0.29) is 45.9 Å². The summed E-state index contributed by atoms with van der Waals surface area (Å²) >= 11 is 0. The number of nitrogens with zero attached hydrogens (tertiary/aromatic N) is 2. The number of phenolic OH excluding ortho intramolecular Hbond substituents is 1. The molecule has 8 heteroatoms. The van der Waals surface area contributed by atoms with Gasteiger partial charge in [-0.1, -0.05) is 59.7 Å². The van der Waals surface area contributed by atoms with Gasteiger partial charge in [0.05, 0.1) is 43.9 Å². The van der Waals surface area contributed by atoms with Gasteiger partial charge in [-0.3, -0.25) is 4.79 Å². The van der Waals surface area contributed by atoms with Crippen molar-refractivity contribution in [3.8, 4) is 17.2 Å². The number of anilines is 1. The molecule has 214 valence electrons. The molecule has 0 bridgehead atoms. The lowest BCUT2D eigenvalue weighted by Gasteiger charge is -2.28. The van der Waals surface area contributed by atoms with E-state index in [1.807, 2.05) is 101 Å². The molecule has 0 aliphatic carbocycles. The molecule has 0 aliphatic rings. The molecule has 3 aromatic carbocycles. The number of aromatic nitrogens is 2. The van der Waals surface area contributed by atoms with Crippen LogP contribution in [-0.2, 0) is 23.9 Å². The summed E-state index contributed by atoms with van der Waals surface area (Å²) in [6.07, 6.45) is 0. The second-order valence-electron chi connectivity index (χ2n) is 11.8. The number of methoxy groups -OCH3 is 2. The number of fused-ring (bicyclic) bond motifs is 1. The van der Waals surface area contributed by atoms with Gasteiger partial charge in [0.25, 0.3) is 0 Å². The monoisotopic (exact) mass is 609 g/mol. The summed E-state index contributed by atoms with van der Waals surface area (Å²) in [7, 11) is 3.25. The van der Waals surface area contributed by atoms with Gasteiger partial charge in [0.1, 0.15) is 17.2 Å². The molecule has 4 aromatic rings.